The van der Waals surface area contributed by atoms with E-state index in [4.69, 9.17) is 0 Å². The van der Waals surface area contributed by atoms with Crippen molar-refractivity contribution < 1.29 is 150 Å². The minimum atomic E-state index is -8.56. The van der Waals surface area contributed by atoms with Crippen molar-refractivity contribution in [2.24, 2.45) is 0 Å². The fraction of sp³-hybridized carbons (Fsp3) is 0.462. The summed E-state index contributed by atoms with van der Waals surface area (Å²) in [7, 11) is -9.90. The minimum Gasteiger partial charge on any atom is -0.503 e. The first-order chi connectivity index (χ1) is 28.1. The van der Waals surface area contributed by atoms with Gasteiger partial charge in [0.15, 0.2) is 23.1 Å². The summed E-state index contributed by atoms with van der Waals surface area (Å²) in [6.07, 6.45) is -18.4. The number of allylic oxidation sites excluding steroid dienone is 4. The van der Waals surface area contributed by atoms with E-state index in [2.05, 4.69) is 9.31 Å². The van der Waals surface area contributed by atoms with Gasteiger partial charge in [0.05, 0.1) is 9.75 Å². The molecule has 0 spiro atoms. The van der Waals surface area contributed by atoms with Crippen LogP contribution < -0.4 is 0 Å². The molecule has 4 nitrogen and oxygen atoms in total. The molecule has 0 aromatic carbocycles. The molecule has 0 amide bonds. The van der Waals surface area contributed by atoms with Crippen molar-refractivity contribution in [1.29, 1.82) is 0 Å². The van der Waals surface area contributed by atoms with Crippen LogP contribution in [0.5, 0.6) is 0 Å². The molecule has 0 fully saturated rings. The van der Waals surface area contributed by atoms with Crippen LogP contribution >= 0.6 is 22.7 Å². The van der Waals surface area contributed by atoms with Crippen molar-refractivity contribution in [3.63, 3.8) is 0 Å². The monoisotopic (exact) mass is 1040 g/mol. The van der Waals surface area contributed by atoms with Crippen LogP contribution in [-0.4, -0.2) is 98.1 Å². The summed E-state index contributed by atoms with van der Waals surface area (Å²) in [5.74, 6) is -94.9. The number of hydrogen-bond donors (Lipinski definition) is 0. The predicted octanol–water partition coefficient (Wildman–Crippen LogP) is 13.0. The van der Waals surface area contributed by atoms with Crippen LogP contribution in [0.4, 0.5) is 131 Å². The summed E-state index contributed by atoms with van der Waals surface area (Å²) in [6.45, 7) is 0. The maximum Gasteiger partial charge on any atom is 0.796 e. The standard InChI is InChI=1S/C26H6B2F30O4S2/c29-15(30,17(33,34)19(37,38)21(41,42)23(45,46)25(49,50)51)13(61-27(55)56)5-7(59)9-1-3-11(63-9)12-4-2-10(64-12)8(60)6-14(62-28(57)58)16(31,32)18(35,36)20(39,40)22(43,44)24(47,48)26(52,53)54/h1-6H/b13-5-,14-6-. The summed E-state index contributed by atoms with van der Waals surface area (Å²) in [5, 5.41) is 0. The summed E-state index contributed by atoms with van der Waals surface area (Å²) >= 11 is -0.529. The zero-order valence-corrected chi connectivity index (χ0v) is 30.0. The number of thiophene rings is 2. The maximum atomic E-state index is 14.6. The zero-order chi connectivity index (χ0) is 50.8. The molecule has 0 unspecified atom stereocenters. The Kier molecular flexibility index (Phi) is 14.8. The Labute approximate surface area is 338 Å². The van der Waals surface area contributed by atoms with Crippen molar-refractivity contribution in [3.8, 4) is 9.75 Å². The molecular formula is C26H6B2F30O4S2. The first-order valence-corrected chi connectivity index (χ1v) is 16.2. The topological polar surface area (TPSA) is 52.6 Å². The normalized spacial score (nSPS) is 15.3. The fourth-order valence-corrected chi connectivity index (χ4v) is 5.95. The number of ketones is 2. The lowest BCUT2D eigenvalue weighted by atomic mass is 9.92. The highest BCUT2D eigenvalue weighted by Crippen LogP contribution is 2.63. The third-order valence-corrected chi connectivity index (χ3v) is 9.78. The lowest BCUT2D eigenvalue weighted by Gasteiger charge is -2.39. The van der Waals surface area contributed by atoms with E-state index in [1.807, 2.05) is 0 Å². The SMILES string of the molecule is O=C(/C=C(\OB(F)F)C(F)(F)C(F)(F)C(F)(F)C(F)(F)C(F)(F)C(F)(F)F)c1ccc(-c2ccc(C(=O)/C=C(\OB(F)F)C(F)(F)C(F)(F)C(F)(F)C(F)(F)C(F)(F)C(F)(F)F)s2)s1. The largest absolute Gasteiger partial charge is 0.796 e. The first kappa shape index (κ1) is 56.0. The van der Waals surface area contributed by atoms with Crippen LogP contribution in [0.3, 0.4) is 0 Å². The van der Waals surface area contributed by atoms with Crippen LogP contribution in [-0.2, 0) is 9.31 Å². The molecule has 0 bridgehead atoms. The summed E-state index contributed by atoms with van der Waals surface area (Å²) in [4.78, 5) is 21.0. The van der Waals surface area contributed by atoms with E-state index in [0.717, 1.165) is 0 Å². The van der Waals surface area contributed by atoms with Gasteiger partial charge in [0.25, 0.3) is 0 Å². The van der Waals surface area contributed by atoms with Gasteiger partial charge >= 0.3 is 86.5 Å². The third kappa shape index (κ3) is 9.04. The second-order valence-corrected chi connectivity index (χ2v) is 13.7. The second-order valence-electron chi connectivity index (χ2n) is 11.6. The summed E-state index contributed by atoms with van der Waals surface area (Å²) < 4.78 is 409. The van der Waals surface area contributed by atoms with Crippen LogP contribution in [0.25, 0.3) is 9.75 Å². The zero-order valence-electron chi connectivity index (χ0n) is 28.4. The van der Waals surface area contributed by atoms with Gasteiger partial charge in [-0.25, -0.2) is 17.3 Å². The van der Waals surface area contributed by atoms with Gasteiger partial charge in [0.2, 0.25) is 0 Å². The molecule has 0 radical (unpaired) electrons. The molecule has 0 atom stereocenters. The Morgan fingerprint density at radius 2 is 0.625 bits per heavy atom. The van der Waals surface area contributed by atoms with Gasteiger partial charge in [0.1, 0.15) is 0 Å². The molecule has 0 aliphatic heterocycles. The Hall–Kier alpha value is -4.15. The fourth-order valence-electron chi connectivity index (χ4n) is 4.02. The van der Waals surface area contributed by atoms with E-state index in [-0.39, 0.29) is 34.8 Å². The minimum absolute atomic E-state index is 0.264. The number of halogens is 30. The van der Waals surface area contributed by atoms with E-state index in [1.54, 1.807) is 0 Å². The van der Waals surface area contributed by atoms with Gasteiger partial charge in [-0.3, -0.25) is 9.59 Å². The molecule has 0 aliphatic rings. The lowest BCUT2D eigenvalue weighted by Crippen LogP contribution is -2.70. The average Bonchev–Trinajstić information content (AvgIpc) is 3.80. The van der Waals surface area contributed by atoms with Crippen LogP contribution in [0.2, 0.25) is 0 Å². The van der Waals surface area contributed by atoms with Crippen molar-refractivity contribution >= 4 is 49.2 Å². The number of carbonyl (C=O) groups excluding carboxylic acids is 2. The summed E-state index contributed by atoms with van der Waals surface area (Å²) in [6, 6.07) is 1.54. The highest BCUT2D eigenvalue weighted by atomic mass is 32.1. The van der Waals surface area contributed by atoms with E-state index < -0.39 is 141 Å². The predicted molar refractivity (Wildman–Crippen MR) is 152 cm³/mol. The first-order valence-electron chi connectivity index (χ1n) is 14.6. The molecule has 2 aromatic heterocycles. The number of hydrogen-bond acceptors (Lipinski definition) is 6. The van der Waals surface area contributed by atoms with Crippen molar-refractivity contribution in [1.82, 2.24) is 0 Å². The molecule has 38 heteroatoms. The lowest BCUT2D eigenvalue weighted by molar-refractivity contribution is -0.438. The average molecular weight is 1040 g/mol. The molecule has 64 heavy (non-hydrogen) atoms. The molecule has 2 heterocycles. The van der Waals surface area contributed by atoms with Crippen LogP contribution in [0.15, 0.2) is 47.9 Å². The number of rotatable bonds is 19. The van der Waals surface area contributed by atoms with Crippen molar-refractivity contribution in [3.05, 3.63) is 57.7 Å². The van der Waals surface area contributed by atoms with Gasteiger partial charge in [-0.1, -0.05) is 0 Å². The Balaban J connectivity index is 2.63. The van der Waals surface area contributed by atoms with Gasteiger partial charge in [-0.15, -0.1) is 22.7 Å². The molecule has 362 valence electrons. The quantitative estimate of drug-likeness (QED) is 0.0463. The van der Waals surface area contributed by atoms with Crippen molar-refractivity contribution in [2.75, 3.05) is 0 Å². The van der Waals surface area contributed by atoms with E-state index in [1.165, 1.54) is 0 Å². The molecule has 0 saturated carbocycles. The molecule has 0 N–H and O–H groups in total. The van der Waals surface area contributed by atoms with E-state index in [0.29, 0.717) is 12.1 Å². The van der Waals surface area contributed by atoms with E-state index >= 15 is 0 Å². The summed E-state index contributed by atoms with van der Waals surface area (Å²) in [5.41, 5.74) is 0. The highest BCUT2D eigenvalue weighted by molar-refractivity contribution is 7.24. The van der Waals surface area contributed by atoms with Crippen LogP contribution in [0, 0.1) is 0 Å². The molecular weight excluding hydrogens is 1030 g/mol. The molecule has 2 aromatic rings. The molecule has 0 saturated heterocycles. The smallest absolute Gasteiger partial charge is 0.503 e. The van der Waals surface area contributed by atoms with E-state index in [9.17, 15) is 141 Å². The molecule has 2 rings (SSSR count). The number of carbonyl (C=O) groups is 2. The second kappa shape index (κ2) is 16.9. The van der Waals surface area contributed by atoms with Crippen molar-refractivity contribution in [2.45, 2.75) is 71.6 Å². The molecule has 0 aliphatic carbocycles. The Bertz CT molecular complexity index is 1950. The van der Waals surface area contributed by atoms with Crippen LogP contribution in [0.1, 0.15) is 19.3 Å². The van der Waals surface area contributed by atoms with Gasteiger partial charge in [-0.2, -0.15) is 114 Å². The third-order valence-electron chi connectivity index (χ3n) is 7.38. The maximum absolute atomic E-state index is 14.6. The van der Waals surface area contributed by atoms with Gasteiger partial charge in [0, 0.05) is 21.9 Å². The Morgan fingerprint density at radius 3 is 0.844 bits per heavy atom. The highest BCUT2D eigenvalue weighted by Gasteiger charge is 2.93. The van der Waals surface area contributed by atoms with Gasteiger partial charge < -0.3 is 9.31 Å². The Morgan fingerprint density at radius 1 is 0.391 bits per heavy atom. The number of alkyl halides is 26. The van der Waals surface area contributed by atoms with Gasteiger partial charge in [-0.05, 0) is 24.3 Å².